The van der Waals surface area contributed by atoms with E-state index in [-0.39, 0.29) is 10.9 Å². The smallest absolute Gasteiger partial charge is 0.306 e. The summed E-state index contributed by atoms with van der Waals surface area (Å²) in [6.45, 7) is 5.69. The van der Waals surface area contributed by atoms with E-state index in [1.807, 2.05) is 0 Å². The summed E-state index contributed by atoms with van der Waals surface area (Å²) in [5, 5.41) is 11.8. The predicted molar refractivity (Wildman–Crippen MR) is 81.8 cm³/mol. The highest BCUT2D eigenvalue weighted by molar-refractivity contribution is 7.89. The molecule has 0 aromatic heterocycles. The zero-order chi connectivity index (χ0) is 16.0. The third kappa shape index (κ3) is 5.73. The number of carbonyl (C=O) groups is 1. The molecule has 0 saturated carbocycles. The van der Waals surface area contributed by atoms with Crippen LogP contribution in [0, 0.1) is 5.92 Å². The zero-order valence-corrected chi connectivity index (χ0v) is 13.3. The fraction of sp³-hybridized carbons (Fsp3) is 0.500. The van der Waals surface area contributed by atoms with Gasteiger partial charge in [-0.25, -0.2) is 13.1 Å². The maximum Gasteiger partial charge on any atom is 0.306 e. The van der Waals surface area contributed by atoms with Crippen molar-refractivity contribution in [1.29, 1.82) is 0 Å². The summed E-state index contributed by atoms with van der Waals surface area (Å²) in [7, 11) is -3.48. The number of carboxylic acid groups (broad SMARTS) is 1. The topological polar surface area (TPSA) is 95.5 Å². The van der Waals surface area contributed by atoms with Gasteiger partial charge in [0.1, 0.15) is 0 Å². The number of anilines is 1. The van der Waals surface area contributed by atoms with Crippen molar-refractivity contribution in [3.63, 3.8) is 0 Å². The molecule has 0 aliphatic heterocycles. The van der Waals surface area contributed by atoms with E-state index in [0.717, 1.165) is 5.69 Å². The van der Waals surface area contributed by atoms with Crippen molar-refractivity contribution >= 4 is 21.7 Å². The van der Waals surface area contributed by atoms with Crippen LogP contribution in [0.1, 0.15) is 27.2 Å². The molecule has 1 aromatic carbocycles. The van der Waals surface area contributed by atoms with Gasteiger partial charge in [0.2, 0.25) is 10.0 Å². The highest BCUT2D eigenvalue weighted by atomic mass is 32.2. The van der Waals surface area contributed by atoms with Gasteiger partial charge in [-0.2, -0.15) is 0 Å². The van der Waals surface area contributed by atoms with E-state index in [9.17, 15) is 13.2 Å². The molecule has 6 nitrogen and oxygen atoms in total. The number of benzene rings is 1. The molecule has 0 bridgehead atoms. The largest absolute Gasteiger partial charge is 0.481 e. The third-order valence-electron chi connectivity index (χ3n) is 2.88. The van der Waals surface area contributed by atoms with E-state index in [1.165, 1.54) is 12.1 Å². The molecule has 7 heteroatoms. The quantitative estimate of drug-likeness (QED) is 0.681. The number of aliphatic carboxylic acids is 1. The summed E-state index contributed by atoms with van der Waals surface area (Å²) >= 11 is 0. The monoisotopic (exact) mass is 314 g/mol. The lowest BCUT2D eigenvalue weighted by atomic mass is 10.1. The van der Waals surface area contributed by atoms with Crippen LogP contribution in [0.25, 0.3) is 0 Å². The Kier molecular flexibility index (Phi) is 6.17. The lowest BCUT2D eigenvalue weighted by Crippen LogP contribution is -2.30. The van der Waals surface area contributed by atoms with Crippen molar-refractivity contribution in [2.24, 2.45) is 5.92 Å². The summed E-state index contributed by atoms with van der Waals surface area (Å²) in [4.78, 5) is 10.9. The van der Waals surface area contributed by atoms with Gasteiger partial charge in [-0.15, -0.1) is 0 Å². The maximum absolute atomic E-state index is 11.9. The standard InChI is InChI=1S/C14H22N2O4S/c1-10(2)16-21(19,20)13-6-4-12(5-7-13)15-9-8-11(3)14(17)18/h4-7,10-11,15-16H,8-9H2,1-3H3,(H,17,18). The van der Waals surface area contributed by atoms with Crippen molar-refractivity contribution in [3.8, 4) is 0 Å². The van der Waals surface area contributed by atoms with E-state index in [0.29, 0.717) is 13.0 Å². The number of carboxylic acids is 1. The molecule has 0 saturated heterocycles. The number of hydrogen-bond donors (Lipinski definition) is 3. The van der Waals surface area contributed by atoms with Gasteiger partial charge in [-0.3, -0.25) is 4.79 Å². The van der Waals surface area contributed by atoms with Crippen molar-refractivity contribution in [3.05, 3.63) is 24.3 Å². The lowest BCUT2D eigenvalue weighted by Gasteiger charge is -2.11. The van der Waals surface area contributed by atoms with Crippen LogP contribution >= 0.6 is 0 Å². The van der Waals surface area contributed by atoms with E-state index < -0.39 is 21.9 Å². The predicted octanol–water partition coefficient (Wildman–Crippen LogP) is 1.90. The van der Waals surface area contributed by atoms with Crippen molar-refractivity contribution < 1.29 is 18.3 Å². The summed E-state index contributed by atoms with van der Waals surface area (Å²) in [5.74, 6) is -1.23. The molecule has 0 heterocycles. The van der Waals surface area contributed by atoms with Crippen LogP contribution in [0.5, 0.6) is 0 Å². The summed E-state index contributed by atoms with van der Waals surface area (Å²) < 4.78 is 26.4. The van der Waals surface area contributed by atoms with E-state index >= 15 is 0 Å². The second kappa shape index (κ2) is 7.42. The second-order valence-corrected chi connectivity index (χ2v) is 6.97. The summed E-state index contributed by atoms with van der Waals surface area (Å²) in [6, 6.07) is 6.22. The number of nitrogens with one attached hydrogen (secondary N) is 2. The Morgan fingerprint density at radius 2 is 1.76 bits per heavy atom. The molecule has 1 atom stereocenters. The molecule has 0 fully saturated rings. The Morgan fingerprint density at radius 1 is 1.19 bits per heavy atom. The lowest BCUT2D eigenvalue weighted by molar-refractivity contribution is -0.141. The highest BCUT2D eigenvalue weighted by Crippen LogP contribution is 2.15. The normalized spacial score (nSPS) is 13.1. The van der Waals surface area contributed by atoms with Crippen LogP contribution in [0.15, 0.2) is 29.2 Å². The first-order chi connectivity index (χ1) is 9.72. The Balaban J connectivity index is 2.60. The second-order valence-electron chi connectivity index (χ2n) is 5.26. The Bertz CT molecular complexity index is 567. The van der Waals surface area contributed by atoms with Crippen LogP contribution in [-0.2, 0) is 14.8 Å². The first-order valence-electron chi connectivity index (χ1n) is 6.81. The van der Waals surface area contributed by atoms with E-state index in [2.05, 4.69) is 10.0 Å². The third-order valence-corrected chi connectivity index (χ3v) is 4.56. The van der Waals surface area contributed by atoms with Gasteiger partial charge in [-0.1, -0.05) is 6.92 Å². The average Bonchev–Trinajstić information content (AvgIpc) is 2.37. The van der Waals surface area contributed by atoms with Gasteiger partial charge in [-0.05, 0) is 44.5 Å². The van der Waals surface area contributed by atoms with Gasteiger partial charge in [0, 0.05) is 18.3 Å². The molecule has 3 N–H and O–H groups in total. The first kappa shape index (κ1) is 17.5. The average molecular weight is 314 g/mol. The van der Waals surface area contributed by atoms with Crippen LogP contribution in [0.3, 0.4) is 0 Å². The zero-order valence-electron chi connectivity index (χ0n) is 12.5. The van der Waals surface area contributed by atoms with Gasteiger partial charge in [0.05, 0.1) is 10.8 Å². The summed E-state index contributed by atoms with van der Waals surface area (Å²) in [6.07, 6.45) is 0.504. The van der Waals surface area contributed by atoms with Crippen LogP contribution in [0.2, 0.25) is 0 Å². The molecule has 0 amide bonds. The van der Waals surface area contributed by atoms with Crippen LogP contribution in [0.4, 0.5) is 5.69 Å². The fourth-order valence-corrected chi connectivity index (χ4v) is 2.94. The Morgan fingerprint density at radius 3 is 2.24 bits per heavy atom. The molecular weight excluding hydrogens is 292 g/mol. The maximum atomic E-state index is 11.9. The Labute approximate surface area is 125 Å². The molecule has 1 rings (SSSR count). The minimum absolute atomic E-state index is 0.162. The molecule has 0 aliphatic rings. The molecule has 21 heavy (non-hydrogen) atoms. The van der Waals surface area contributed by atoms with E-state index in [4.69, 9.17) is 5.11 Å². The fourth-order valence-electron chi connectivity index (χ4n) is 1.69. The minimum Gasteiger partial charge on any atom is -0.481 e. The van der Waals surface area contributed by atoms with Crippen LogP contribution in [-0.4, -0.2) is 32.1 Å². The first-order valence-corrected chi connectivity index (χ1v) is 8.30. The molecule has 0 aliphatic carbocycles. The Hall–Kier alpha value is -1.60. The highest BCUT2D eigenvalue weighted by Gasteiger charge is 2.15. The SMILES string of the molecule is CC(C)NS(=O)(=O)c1ccc(NCCC(C)C(=O)O)cc1. The molecule has 0 spiro atoms. The summed E-state index contributed by atoms with van der Waals surface area (Å²) in [5.41, 5.74) is 0.760. The van der Waals surface area contributed by atoms with Crippen LogP contribution < -0.4 is 10.0 Å². The number of sulfonamides is 1. The number of hydrogen-bond acceptors (Lipinski definition) is 4. The molecule has 1 unspecified atom stereocenters. The van der Waals surface area contributed by atoms with Gasteiger partial charge < -0.3 is 10.4 Å². The van der Waals surface area contributed by atoms with Crippen molar-refractivity contribution in [2.45, 2.75) is 38.1 Å². The molecule has 0 radical (unpaired) electrons. The minimum atomic E-state index is -3.48. The van der Waals surface area contributed by atoms with Crippen molar-refractivity contribution in [1.82, 2.24) is 4.72 Å². The van der Waals surface area contributed by atoms with Gasteiger partial charge in [0.15, 0.2) is 0 Å². The molecule has 1 aromatic rings. The molecule has 118 valence electrons. The molecular formula is C14H22N2O4S. The van der Waals surface area contributed by atoms with E-state index in [1.54, 1.807) is 32.9 Å². The van der Waals surface area contributed by atoms with Crippen molar-refractivity contribution in [2.75, 3.05) is 11.9 Å². The van der Waals surface area contributed by atoms with Gasteiger partial charge >= 0.3 is 5.97 Å². The van der Waals surface area contributed by atoms with Gasteiger partial charge in [0.25, 0.3) is 0 Å². The number of rotatable bonds is 8.